The van der Waals surface area contributed by atoms with E-state index < -0.39 is 16.1 Å². The van der Waals surface area contributed by atoms with Crippen LogP contribution >= 0.6 is 0 Å². The zero-order chi connectivity index (χ0) is 18.9. The summed E-state index contributed by atoms with van der Waals surface area (Å²) in [7, 11) is -1.75. The van der Waals surface area contributed by atoms with Crippen LogP contribution in [0.5, 0.6) is 5.75 Å². The maximum atomic E-state index is 12.8. The minimum absolute atomic E-state index is 0.171. The van der Waals surface area contributed by atoms with Crippen molar-refractivity contribution in [3.05, 3.63) is 47.3 Å². The van der Waals surface area contributed by atoms with Gasteiger partial charge in [-0.15, -0.1) is 0 Å². The summed E-state index contributed by atoms with van der Waals surface area (Å²) in [6.07, 6.45) is 3.73. The van der Waals surface area contributed by atoms with Gasteiger partial charge in [0.05, 0.1) is 12.5 Å². The number of carbonyl (C=O) groups is 1. The van der Waals surface area contributed by atoms with E-state index in [1.165, 1.54) is 4.31 Å². The standard InChI is InChI=1S/C17H22N4O4S/c1-20-15-7-9-21(26(2,24)25)16(14(15)11-19-20)17(23)18-8-6-12-4-3-5-13(22)10-12/h3-5,10-11,16,22H,6-9H2,1-2H3,(H,18,23). The number of carbonyl (C=O) groups excluding carboxylic acids is 1. The van der Waals surface area contributed by atoms with E-state index in [0.717, 1.165) is 17.5 Å². The fourth-order valence-corrected chi connectivity index (χ4v) is 4.30. The maximum absolute atomic E-state index is 12.8. The van der Waals surface area contributed by atoms with Crippen LogP contribution in [-0.2, 0) is 34.7 Å². The third-order valence-corrected chi connectivity index (χ3v) is 5.79. The number of nitrogens with zero attached hydrogens (tertiary/aromatic N) is 3. The Balaban J connectivity index is 1.76. The molecular formula is C17H22N4O4S. The number of aromatic nitrogens is 2. The highest BCUT2D eigenvalue weighted by molar-refractivity contribution is 7.88. The second-order valence-electron chi connectivity index (χ2n) is 6.41. The Morgan fingerprint density at radius 3 is 2.88 bits per heavy atom. The summed E-state index contributed by atoms with van der Waals surface area (Å²) in [5.41, 5.74) is 2.38. The monoisotopic (exact) mass is 378 g/mol. The van der Waals surface area contributed by atoms with E-state index >= 15 is 0 Å². The maximum Gasteiger partial charge on any atom is 0.243 e. The van der Waals surface area contributed by atoms with Crippen LogP contribution in [-0.4, -0.2) is 52.9 Å². The van der Waals surface area contributed by atoms with Crippen molar-refractivity contribution in [1.29, 1.82) is 0 Å². The molecule has 1 aliphatic rings. The molecule has 2 N–H and O–H groups in total. The second-order valence-corrected chi connectivity index (χ2v) is 8.34. The molecule has 0 saturated carbocycles. The summed E-state index contributed by atoms with van der Waals surface area (Å²) in [5, 5.41) is 16.5. The van der Waals surface area contributed by atoms with Gasteiger partial charge in [-0.1, -0.05) is 12.1 Å². The molecule has 1 unspecified atom stereocenters. The van der Waals surface area contributed by atoms with Crippen LogP contribution in [0.2, 0.25) is 0 Å². The molecule has 0 saturated heterocycles. The fraction of sp³-hybridized carbons (Fsp3) is 0.412. The van der Waals surface area contributed by atoms with Crippen molar-refractivity contribution in [3.63, 3.8) is 0 Å². The minimum Gasteiger partial charge on any atom is -0.508 e. The molecule has 140 valence electrons. The molecule has 1 aromatic heterocycles. The minimum atomic E-state index is -3.53. The van der Waals surface area contributed by atoms with Crippen molar-refractivity contribution in [2.24, 2.45) is 7.05 Å². The molecule has 1 atom stereocenters. The van der Waals surface area contributed by atoms with Crippen molar-refractivity contribution in [2.45, 2.75) is 18.9 Å². The molecule has 26 heavy (non-hydrogen) atoms. The highest BCUT2D eigenvalue weighted by Crippen LogP contribution is 2.31. The van der Waals surface area contributed by atoms with Gasteiger partial charge in [-0.25, -0.2) is 8.42 Å². The van der Waals surface area contributed by atoms with Crippen LogP contribution in [0.3, 0.4) is 0 Å². The highest BCUT2D eigenvalue weighted by Gasteiger charge is 2.39. The van der Waals surface area contributed by atoms with Gasteiger partial charge in [0.2, 0.25) is 15.9 Å². The number of aryl methyl sites for hydroxylation is 1. The van der Waals surface area contributed by atoms with E-state index in [1.807, 2.05) is 6.07 Å². The Labute approximate surface area is 152 Å². The molecule has 0 fully saturated rings. The molecule has 0 spiro atoms. The first-order valence-electron chi connectivity index (χ1n) is 8.30. The molecule has 3 rings (SSSR count). The number of rotatable bonds is 5. The van der Waals surface area contributed by atoms with Crippen LogP contribution in [0.25, 0.3) is 0 Å². The van der Waals surface area contributed by atoms with Crippen molar-refractivity contribution < 1.29 is 18.3 Å². The number of sulfonamides is 1. The van der Waals surface area contributed by atoms with Crippen LogP contribution < -0.4 is 5.32 Å². The molecule has 9 heteroatoms. The molecule has 0 bridgehead atoms. The third-order valence-electron chi connectivity index (χ3n) is 4.54. The van der Waals surface area contributed by atoms with Gasteiger partial charge >= 0.3 is 0 Å². The third kappa shape index (κ3) is 3.73. The van der Waals surface area contributed by atoms with E-state index in [9.17, 15) is 18.3 Å². The quantitative estimate of drug-likeness (QED) is 0.781. The molecule has 8 nitrogen and oxygen atoms in total. The topological polar surface area (TPSA) is 105 Å². The number of benzene rings is 1. The van der Waals surface area contributed by atoms with Gasteiger partial charge in [0.1, 0.15) is 11.8 Å². The van der Waals surface area contributed by atoms with E-state index in [-0.39, 0.29) is 18.2 Å². The van der Waals surface area contributed by atoms with Crippen LogP contribution in [0.15, 0.2) is 30.5 Å². The number of hydrogen-bond acceptors (Lipinski definition) is 5. The van der Waals surface area contributed by atoms with Crippen molar-refractivity contribution in [1.82, 2.24) is 19.4 Å². The van der Waals surface area contributed by atoms with Gasteiger partial charge < -0.3 is 10.4 Å². The van der Waals surface area contributed by atoms with Gasteiger partial charge in [-0.05, 0) is 24.1 Å². The molecule has 1 amide bonds. The van der Waals surface area contributed by atoms with Crippen molar-refractivity contribution in [3.8, 4) is 5.75 Å². The average Bonchev–Trinajstić information content (AvgIpc) is 2.94. The molecule has 2 heterocycles. The lowest BCUT2D eigenvalue weighted by atomic mass is 10.0. The zero-order valence-corrected chi connectivity index (χ0v) is 15.5. The first-order valence-corrected chi connectivity index (χ1v) is 10.2. The average molecular weight is 378 g/mol. The Morgan fingerprint density at radius 1 is 1.42 bits per heavy atom. The van der Waals surface area contributed by atoms with Crippen LogP contribution in [0.1, 0.15) is 22.9 Å². The summed E-state index contributed by atoms with van der Waals surface area (Å²) in [6.45, 7) is 0.585. The number of fused-ring (bicyclic) bond motifs is 1. The van der Waals surface area contributed by atoms with Gasteiger partial charge in [-0.2, -0.15) is 9.40 Å². The van der Waals surface area contributed by atoms with Gasteiger partial charge in [0.15, 0.2) is 0 Å². The molecule has 0 aliphatic carbocycles. The molecule has 1 aromatic carbocycles. The first-order chi connectivity index (χ1) is 12.3. The van der Waals surface area contributed by atoms with E-state index in [2.05, 4.69) is 10.4 Å². The Hall–Kier alpha value is -2.39. The number of aromatic hydroxyl groups is 1. The predicted octanol–water partition coefficient (Wildman–Crippen LogP) is 0.343. The normalized spacial score (nSPS) is 17.7. The van der Waals surface area contributed by atoms with Crippen LogP contribution in [0.4, 0.5) is 0 Å². The van der Waals surface area contributed by atoms with Crippen LogP contribution in [0, 0.1) is 0 Å². The largest absolute Gasteiger partial charge is 0.508 e. The lowest BCUT2D eigenvalue weighted by Crippen LogP contribution is -2.47. The first kappa shape index (κ1) is 18.4. The lowest BCUT2D eigenvalue weighted by molar-refractivity contribution is -0.125. The number of nitrogens with one attached hydrogen (secondary N) is 1. The molecule has 0 radical (unpaired) electrons. The van der Waals surface area contributed by atoms with Crippen molar-refractivity contribution >= 4 is 15.9 Å². The van der Waals surface area contributed by atoms with E-state index in [0.29, 0.717) is 24.9 Å². The zero-order valence-electron chi connectivity index (χ0n) is 14.7. The van der Waals surface area contributed by atoms with Gasteiger partial charge in [-0.3, -0.25) is 9.48 Å². The Kier molecular flexibility index (Phi) is 5.01. The lowest BCUT2D eigenvalue weighted by Gasteiger charge is -2.32. The Morgan fingerprint density at radius 2 is 2.19 bits per heavy atom. The number of phenolic OH excluding ortho intramolecular Hbond substituents is 1. The Bertz CT molecular complexity index is 923. The molecule has 2 aromatic rings. The van der Waals surface area contributed by atoms with Gasteiger partial charge in [0, 0.05) is 37.8 Å². The molecular weight excluding hydrogens is 356 g/mol. The highest BCUT2D eigenvalue weighted by atomic mass is 32.2. The van der Waals surface area contributed by atoms with Gasteiger partial charge in [0.25, 0.3) is 0 Å². The summed E-state index contributed by atoms with van der Waals surface area (Å²) in [6, 6.07) is 5.90. The fourth-order valence-electron chi connectivity index (χ4n) is 3.28. The number of hydrogen-bond donors (Lipinski definition) is 2. The number of amides is 1. The van der Waals surface area contributed by atoms with E-state index in [4.69, 9.17) is 0 Å². The second kappa shape index (κ2) is 7.08. The summed E-state index contributed by atoms with van der Waals surface area (Å²) >= 11 is 0. The smallest absolute Gasteiger partial charge is 0.243 e. The SMILES string of the molecule is Cn1ncc2c1CCN(S(C)(=O)=O)C2C(=O)NCCc1cccc(O)c1. The number of phenols is 1. The summed E-state index contributed by atoms with van der Waals surface area (Å²) < 4.78 is 27.2. The van der Waals surface area contributed by atoms with Crippen molar-refractivity contribution in [2.75, 3.05) is 19.3 Å². The van der Waals surface area contributed by atoms with E-state index in [1.54, 1.807) is 36.1 Å². The predicted molar refractivity (Wildman–Crippen MR) is 96.0 cm³/mol. The molecule has 1 aliphatic heterocycles. The summed E-state index contributed by atoms with van der Waals surface area (Å²) in [5.74, 6) is -0.200. The summed E-state index contributed by atoms with van der Waals surface area (Å²) in [4.78, 5) is 12.8.